The number of nitrogens with one attached hydrogen (secondary N) is 1. The Balaban J connectivity index is 1.89. The number of benzene rings is 1. The van der Waals surface area contributed by atoms with Gasteiger partial charge in [-0.25, -0.2) is 9.80 Å². The van der Waals surface area contributed by atoms with Crippen molar-refractivity contribution in [3.63, 3.8) is 0 Å². The molecule has 1 heterocycles. The zero-order chi connectivity index (χ0) is 14.5. The molecule has 1 atom stereocenters. The molecule has 0 radical (unpaired) electrons. The molecule has 0 saturated carbocycles. The molecule has 0 aromatic heterocycles. The van der Waals surface area contributed by atoms with Gasteiger partial charge in [-0.2, -0.15) is 0 Å². The van der Waals surface area contributed by atoms with Crippen LogP contribution in [0.3, 0.4) is 0 Å². The first kappa shape index (κ1) is 14.3. The molecule has 108 valence electrons. The fourth-order valence-electron chi connectivity index (χ4n) is 2.04. The molecular formula is C13H18N4O3. The summed E-state index contributed by atoms with van der Waals surface area (Å²) in [6, 6.07) is 6.24. The lowest BCUT2D eigenvalue weighted by Gasteiger charge is -2.30. The smallest absolute Gasteiger partial charge is 0.413 e. The largest absolute Gasteiger partial charge is 0.429 e. The molecule has 2 amide bonds. The van der Waals surface area contributed by atoms with Crippen molar-refractivity contribution in [2.75, 3.05) is 11.9 Å². The number of anilines is 1. The van der Waals surface area contributed by atoms with Gasteiger partial charge < -0.3 is 10.5 Å². The van der Waals surface area contributed by atoms with Gasteiger partial charge in [-0.05, 0) is 43.5 Å². The number of amides is 2. The first-order valence-electron chi connectivity index (χ1n) is 6.45. The third-order valence-electron chi connectivity index (χ3n) is 3.15. The first-order chi connectivity index (χ1) is 9.56. The van der Waals surface area contributed by atoms with Crippen LogP contribution in [-0.2, 0) is 4.74 Å². The number of hydrazine groups is 1. The molecule has 1 unspecified atom stereocenters. The van der Waals surface area contributed by atoms with Crippen molar-refractivity contribution in [3.8, 4) is 0 Å². The molecule has 7 heteroatoms. The van der Waals surface area contributed by atoms with E-state index in [0.717, 1.165) is 19.3 Å². The summed E-state index contributed by atoms with van der Waals surface area (Å²) in [5.74, 6) is 5.24. The number of hydrogen-bond acceptors (Lipinski definition) is 5. The third kappa shape index (κ3) is 3.69. The summed E-state index contributed by atoms with van der Waals surface area (Å²) in [5.41, 5.74) is 6.04. The third-order valence-corrected chi connectivity index (χ3v) is 3.15. The van der Waals surface area contributed by atoms with Crippen molar-refractivity contribution < 1.29 is 14.3 Å². The van der Waals surface area contributed by atoms with Crippen LogP contribution in [0.2, 0.25) is 0 Å². The number of carbonyl (C=O) groups is 2. The molecule has 1 aromatic carbocycles. The Bertz CT molecular complexity index is 489. The highest BCUT2D eigenvalue weighted by atomic mass is 16.6. The molecule has 2 rings (SSSR count). The summed E-state index contributed by atoms with van der Waals surface area (Å²) in [7, 11) is 0. The van der Waals surface area contributed by atoms with E-state index in [4.69, 9.17) is 16.3 Å². The van der Waals surface area contributed by atoms with Gasteiger partial charge in [-0.1, -0.05) is 0 Å². The highest BCUT2D eigenvalue weighted by Crippen LogP contribution is 2.16. The molecule has 1 fully saturated rings. The zero-order valence-electron chi connectivity index (χ0n) is 11.0. The van der Waals surface area contributed by atoms with E-state index >= 15 is 0 Å². The number of hydrogen-bond donors (Lipinski definition) is 3. The van der Waals surface area contributed by atoms with Gasteiger partial charge in [0.1, 0.15) is 0 Å². The normalized spacial score (nSPS) is 19.4. The summed E-state index contributed by atoms with van der Waals surface area (Å²) in [6.07, 6.45) is 1.75. The maximum absolute atomic E-state index is 11.7. The number of piperidine rings is 1. The predicted octanol–water partition coefficient (Wildman–Crippen LogP) is 1.02. The Morgan fingerprint density at radius 3 is 2.55 bits per heavy atom. The number of nitrogens with zero attached hydrogens (tertiary/aromatic N) is 1. The van der Waals surface area contributed by atoms with Crippen molar-refractivity contribution in [1.82, 2.24) is 5.01 Å². The van der Waals surface area contributed by atoms with Gasteiger partial charge in [0.25, 0.3) is 0 Å². The van der Waals surface area contributed by atoms with E-state index in [0.29, 0.717) is 17.8 Å². The minimum absolute atomic E-state index is 0.379. The lowest BCUT2D eigenvalue weighted by atomic mass is 10.1. The number of rotatable bonds is 3. The lowest BCUT2D eigenvalue weighted by Crippen LogP contribution is -2.47. The maximum Gasteiger partial charge on any atom is 0.413 e. The van der Waals surface area contributed by atoms with Crippen LogP contribution in [-0.4, -0.2) is 29.8 Å². The Hall–Kier alpha value is -2.12. The van der Waals surface area contributed by atoms with E-state index in [-0.39, 0.29) is 0 Å². The van der Waals surface area contributed by atoms with Crippen LogP contribution in [0.25, 0.3) is 0 Å². The van der Waals surface area contributed by atoms with Crippen molar-refractivity contribution in [3.05, 3.63) is 29.8 Å². The molecule has 0 spiro atoms. The van der Waals surface area contributed by atoms with Gasteiger partial charge in [0.05, 0.1) is 0 Å². The van der Waals surface area contributed by atoms with Gasteiger partial charge in [0.15, 0.2) is 6.23 Å². The number of carbonyl (C=O) groups excluding carboxylic acids is 2. The summed E-state index contributed by atoms with van der Waals surface area (Å²) in [6.45, 7) is 0.714. The van der Waals surface area contributed by atoms with E-state index in [1.165, 1.54) is 17.1 Å². The topological polar surface area (TPSA) is 111 Å². The van der Waals surface area contributed by atoms with Crippen molar-refractivity contribution in [1.29, 1.82) is 0 Å². The van der Waals surface area contributed by atoms with Crippen LogP contribution >= 0.6 is 0 Å². The number of nitrogens with two attached hydrogens (primary N) is 2. The number of primary amides is 1. The monoisotopic (exact) mass is 278 g/mol. The van der Waals surface area contributed by atoms with Crippen LogP contribution < -0.4 is 16.9 Å². The molecule has 0 bridgehead atoms. The molecule has 0 aliphatic carbocycles. The second-order valence-corrected chi connectivity index (χ2v) is 4.66. The van der Waals surface area contributed by atoms with Crippen LogP contribution in [0.4, 0.5) is 10.5 Å². The van der Waals surface area contributed by atoms with E-state index < -0.39 is 18.2 Å². The maximum atomic E-state index is 11.7. The lowest BCUT2D eigenvalue weighted by molar-refractivity contribution is -0.0321. The van der Waals surface area contributed by atoms with Gasteiger partial charge in [-0.15, -0.1) is 0 Å². The first-order valence-corrected chi connectivity index (χ1v) is 6.45. The molecule has 1 aromatic rings. The van der Waals surface area contributed by atoms with Crippen LogP contribution in [0.15, 0.2) is 24.3 Å². The minimum atomic E-state index is -0.570. The standard InChI is InChI=1S/C13H18N4O3/c14-12(18)9-4-6-10(7-5-9)16-13(19)20-11-3-1-2-8-17(11)15/h4-7,11H,1-3,8,15H2,(H2,14,18)(H,16,19). The van der Waals surface area contributed by atoms with Gasteiger partial charge in [0.2, 0.25) is 5.91 Å². The van der Waals surface area contributed by atoms with Gasteiger partial charge in [-0.3, -0.25) is 16.0 Å². The molecule has 1 aliphatic rings. The fraction of sp³-hybridized carbons (Fsp3) is 0.385. The average Bonchev–Trinajstić information content (AvgIpc) is 2.42. The van der Waals surface area contributed by atoms with Crippen molar-refractivity contribution in [2.24, 2.45) is 11.6 Å². The van der Waals surface area contributed by atoms with Gasteiger partial charge in [0, 0.05) is 17.8 Å². The van der Waals surface area contributed by atoms with Crippen LogP contribution in [0.5, 0.6) is 0 Å². The van der Waals surface area contributed by atoms with E-state index in [2.05, 4.69) is 5.32 Å². The van der Waals surface area contributed by atoms with Gasteiger partial charge >= 0.3 is 6.09 Å². The molecule has 1 aliphatic heterocycles. The Labute approximate surface area is 116 Å². The van der Waals surface area contributed by atoms with Crippen LogP contribution in [0, 0.1) is 0 Å². The molecular weight excluding hydrogens is 260 g/mol. The Morgan fingerprint density at radius 2 is 1.95 bits per heavy atom. The molecule has 5 N–H and O–H groups in total. The molecule has 7 nitrogen and oxygen atoms in total. The fourth-order valence-corrected chi connectivity index (χ4v) is 2.04. The van der Waals surface area contributed by atoms with E-state index in [9.17, 15) is 9.59 Å². The zero-order valence-corrected chi connectivity index (χ0v) is 11.0. The highest BCUT2D eigenvalue weighted by Gasteiger charge is 2.23. The predicted molar refractivity (Wildman–Crippen MR) is 73.6 cm³/mol. The average molecular weight is 278 g/mol. The minimum Gasteiger partial charge on any atom is -0.429 e. The summed E-state index contributed by atoms with van der Waals surface area (Å²) in [5, 5.41) is 4.11. The van der Waals surface area contributed by atoms with Crippen molar-refractivity contribution in [2.45, 2.75) is 25.5 Å². The second kappa shape index (κ2) is 6.36. The van der Waals surface area contributed by atoms with Crippen LogP contribution in [0.1, 0.15) is 29.6 Å². The van der Waals surface area contributed by atoms with E-state index in [1.807, 2.05) is 0 Å². The summed E-state index contributed by atoms with van der Waals surface area (Å²) < 4.78 is 5.24. The Morgan fingerprint density at radius 1 is 1.25 bits per heavy atom. The summed E-state index contributed by atoms with van der Waals surface area (Å²) >= 11 is 0. The Kier molecular flexibility index (Phi) is 4.54. The van der Waals surface area contributed by atoms with E-state index in [1.54, 1.807) is 12.1 Å². The molecule has 20 heavy (non-hydrogen) atoms. The number of ether oxygens (including phenoxy) is 1. The SMILES string of the molecule is NC(=O)c1ccc(NC(=O)OC2CCCCN2N)cc1. The molecule has 1 saturated heterocycles. The second-order valence-electron chi connectivity index (χ2n) is 4.66. The van der Waals surface area contributed by atoms with Crippen molar-refractivity contribution >= 4 is 17.7 Å². The summed E-state index contributed by atoms with van der Waals surface area (Å²) in [4.78, 5) is 22.7. The quantitative estimate of drug-likeness (QED) is 0.715. The highest BCUT2D eigenvalue weighted by molar-refractivity contribution is 5.93.